The predicted octanol–water partition coefficient (Wildman–Crippen LogP) is 2.39. The maximum absolute atomic E-state index is 6.02. The molecule has 2 aliphatic heterocycles. The molecule has 5 heteroatoms. The standard InChI is InChI=1S/C17H27N5/c18-17-19-15(13-5-2-1-3-6-13)11-16(20-17)22-10-9-21-8-4-7-14(21)12-22/h11,13-14H,1-10,12H2,(H2,18,19,20). The van der Waals surface area contributed by atoms with Crippen LogP contribution in [0.5, 0.6) is 0 Å². The van der Waals surface area contributed by atoms with E-state index in [4.69, 9.17) is 5.73 Å². The number of nitrogens with two attached hydrogens (primary N) is 1. The van der Waals surface area contributed by atoms with Gasteiger partial charge in [0.1, 0.15) is 5.82 Å². The van der Waals surface area contributed by atoms with Gasteiger partial charge in [-0.3, -0.25) is 4.90 Å². The molecule has 0 aromatic carbocycles. The Kier molecular flexibility index (Phi) is 3.90. The largest absolute Gasteiger partial charge is 0.368 e. The molecule has 0 bridgehead atoms. The summed E-state index contributed by atoms with van der Waals surface area (Å²) in [7, 11) is 0. The zero-order chi connectivity index (χ0) is 14.9. The Balaban J connectivity index is 1.54. The first kappa shape index (κ1) is 14.2. The molecule has 1 aliphatic carbocycles. The number of nitrogen functional groups attached to an aromatic ring is 1. The van der Waals surface area contributed by atoms with Crippen LogP contribution in [0.4, 0.5) is 11.8 Å². The minimum Gasteiger partial charge on any atom is -0.368 e. The van der Waals surface area contributed by atoms with Gasteiger partial charge in [0, 0.05) is 37.7 Å². The molecule has 1 aromatic heterocycles. The van der Waals surface area contributed by atoms with Gasteiger partial charge in [-0.05, 0) is 32.2 Å². The summed E-state index contributed by atoms with van der Waals surface area (Å²) in [4.78, 5) is 14.1. The van der Waals surface area contributed by atoms with E-state index in [0.29, 0.717) is 17.9 Å². The quantitative estimate of drug-likeness (QED) is 0.909. The Morgan fingerprint density at radius 2 is 1.82 bits per heavy atom. The van der Waals surface area contributed by atoms with Crippen molar-refractivity contribution in [1.82, 2.24) is 14.9 Å². The summed E-state index contributed by atoms with van der Waals surface area (Å²) in [5.74, 6) is 2.09. The maximum Gasteiger partial charge on any atom is 0.222 e. The van der Waals surface area contributed by atoms with Crippen molar-refractivity contribution >= 4 is 11.8 Å². The number of nitrogens with zero attached hydrogens (tertiary/aromatic N) is 4. The normalized spacial score (nSPS) is 27.1. The lowest BCUT2D eigenvalue weighted by atomic mass is 9.87. The minimum atomic E-state index is 0.451. The molecule has 2 N–H and O–H groups in total. The molecule has 3 fully saturated rings. The molecule has 0 amide bonds. The van der Waals surface area contributed by atoms with Gasteiger partial charge in [-0.25, -0.2) is 4.98 Å². The monoisotopic (exact) mass is 301 g/mol. The van der Waals surface area contributed by atoms with Crippen LogP contribution in [0.1, 0.15) is 56.6 Å². The fraction of sp³-hybridized carbons (Fsp3) is 0.765. The Morgan fingerprint density at radius 3 is 2.68 bits per heavy atom. The Morgan fingerprint density at radius 1 is 0.955 bits per heavy atom. The first-order chi connectivity index (χ1) is 10.8. The molecule has 120 valence electrons. The molecular weight excluding hydrogens is 274 g/mol. The van der Waals surface area contributed by atoms with Crippen LogP contribution in [0.15, 0.2) is 6.07 Å². The van der Waals surface area contributed by atoms with Gasteiger partial charge >= 0.3 is 0 Å². The van der Waals surface area contributed by atoms with Gasteiger partial charge in [0.25, 0.3) is 0 Å². The Hall–Kier alpha value is -1.36. The number of aromatic nitrogens is 2. The highest BCUT2D eigenvalue weighted by molar-refractivity contribution is 5.45. The third kappa shape index (κ3) is 2.78. The van der Waals surface area contributed by atoms with E-state index in [1.807, 2.05) is 0 Å². The molecule has 22 heavy (non-hydrogen) atoms. The van der Waals surface area contributed by atoms with E-state index < -0.39 is 0 Å². The van der Waals surface area contributed by atoms with Gasteiger partial charge < -0.3 is 10.6 Å². The number of fused-ring (bicyclic) bond motifs is 1. The van der Waals surface area contributed by atoms with Crippen LogP contribution in [0.25, 0.3) is 0 Å². The Bertz CT molecular complexity index is 526. The van der Waals surface area contributed by atoms with E-state index in [1.54, 1.807) is 0 Å². The molecule has 3 aliphatic rings. The second-order valence-corrected chi connectivity index (χ2v) is 7.12. The number of rotatable bonds is 2. The zero-order valence-corrected chi connectivity index (χ0v) is 13.4. The number of hydrogen-bond acceptors (Lipinski definition) is 5. The van der Waals surface area contributed by atoms with Crippen LogP contribution in [-0.2, 0) is 0 Å². The van der Waals surface area contributed by atoms with Crippen molar-refractivity contribution in [3.8, 4) is 0 Å². The van der Waals surface area contributed by atoms with Crippen LogP contribution in [-0.4, -0.2) is 47.1 Å². The van der Waals surface area contributed by atoms with Crippen LogP contribution in [0, 0.1) is 0 Å². The summed E-state index contributed by atoms with van der Waals surface area (Å²) in [6.07, 6.45) is 9.20. The Labute approximate surface area is 132 Å². The SMILES string of the molecule is Nc1nc(C2CCCCC2)cc(N2CCN3CCCC3C2)n1. The first-order valence-corrected chi connectivity index (χ1v) is 8.93. The molecule has 0 radical (unpaired) electrons. The van der Waals surface area contributed by atoms with Crippen molar-refractivity contribution in [2.45, 2.75) is 56.9 Å². The summed E-state index contributed by atoms with van der Waals surface area (Å²) < 4.78 is 0. The molecule has 1 saturated carbocycles. The van der Waals surface area contributed by atoms with Gasteiger partial charge in [-0.15, -0.1) is 0 Å². The number of anilines is 2. The van der Waals surface area contributed by atoms with Crippen LogP contribution in [0.3, 0.4) is 0 Å². The molecule has 1 atom stereocenters. The van der Waals surface area contributed by atoms with Crippen molar-refractivity contribution in [3.05, 3.63) is 11.8 Å². The molecule has 2 saturated heterocycles. The average Bonchev–Trinajstić information content (AvgIpc) is 3.02. The van der Waals surface area contributed by atoms with E-state index in [1.165, 1.54) is 57.2 Å². The average molecular weight is 301 g/mol. The smallest absolute Gasteiger partial charge is 0.222 e. The summed E-state index contributed by atoms with van der Waals surface area (Å²) in [6, 6.07) is 2.93. The molecule has 4 rings (SSSR count). The van der Waals surface area contributed by atoms with Crippen molar-refractivity contribution < 1.29 is 0 Å². The fourth-order valence-corrected chi connectivity index (χ4v) is 4.44. The second-order valence-electron chi connectivity index (χ2n) is 7.12. The summed E-state index contributed by atoms with van der Waals surface area (Å²) >= 11 is 0. The molecule has 0 spiro atoms. The fourth-order valence-electron chi connectivity index (χ4n) is 4.44. The lowest BCUT2D eigenvalue weighted by Gasteiger charge is -2.38. The highest BCUT2D eigenvalue weighted by atomic mass is 15.3. The van der Waals surface area contributed by atoms with Gasteiger partial charge in [-0.2, -0.15) is 4.98 Å². The van der Waals surface area contributed by atoms with Crippen LogP contribution >= 0.6 is 0 Å². The lowest BCUT2D eigenvalue weighted by molar-refractivity contribution is 0.230. The third-order valence-electron chi connectivity index (χ3n) is 5.68. The molecular formula is C17H27N5. The highest BCUT2D eigenvalue weighted by Gasteiger charge is 2.31. The van der Waals surface area contributed by atoms with Crippen molar-refractivity contribution in [2.75, 3.05) is 36.8 Å². The van der Waals surface area contributed by atoms with Crippen molar-refractivity contribution in [2.24, 2.45) is 0 Å². The minimum absolute atomic E-state index is 0.451. The highest BCUT2D eigenvalue weighted by Crippen LogP contribution is 2.33. The second kappa shape index (κ2) is 6.03. The van der Waals surface area contributed by atoms with E-state index in [0.717, 1.165) is 25.5 Å². The topological polar surface area (TPSA) is 58.3 Å². The molecule has 3 heterocycles. The van der Waals surface area contributed by atoms with Crippen molar-refractivity contribution in [3.63, 3.8) is 0 Å². The molecule has 5 nitrogen and oxygen atoms in total. The van der Waals surface area contributed by atoms with Gasteiger partial charge in [0.15, 0.2) is 0 Å². The summed E-state index contributed by atoms with van der Waals surface area (Å²) in [5.41, 5.74) is 7.20. The number of piperazine rings is 1. The van der Waals surface area contributed by atoms with Gasteiger partial charge in [0.05, 0.1) is 5.69 Å². The predicted molar refractivity (Wildman–Crippen MR) is 89.1 cm³/mol. The van der Waals surface area contributed by atoms with Crippen LogP contribution < -0.4 is 10.6 Å². The molecule has 1 aromatic rings. The van der Waals surface area contributed by atoms with E-state index in [-0.39, 0.29) is 0 Å². The van der Waals surface area contributed by atoms with Gasteiger partial charge in [0.2, 0.25) is 5.95 Å². The third-order valence-corrected chi connectivity index (χ3v) is 5.68. The lowest BCUT2D eigenvalue weighted by Crippen LogP contribution is -2.50. The zero-order valence-electron chi connectivity index (χ0n) is 13.4. The summed E-state index contributed by atoms with van der Waals surface area (Å²) in [5, 5.41) is 0. The van der Waals surface area contributed by atoms with E-state index in [9.17, 15) is 0 Å². The maximum atomic E-state index is 6.02. The molecule has 1 unspecified atom stereocenters. The van der Waals surface area contributed by atoms with Crippen LogP contribution in [0.2, 0.25) is 0 Å². The summed E-state index contributed by atoms with van der Waals surface area (Å²) in [6.45, 7) is 4.60. The first-order valence-electron chi connectivity index (χ1n) is 8.93. The van der Waals surface area contributed by atoms with Crippen molar-refractivity contribution in [1.29, 1.82) is 0 Å². The van der Waals surface area contributed by atoms with E-state index >= 15 is 0 Å². The van der Waals surface area contributed by atoms with E-state index in [2.05, 4.69) is 25.8 Å². The number of hydrogen-bond donors (Lipinski definition) is 1. The van der Waals surface area contributed by atoms with Gasteiger partial charge in [-0.1, -0.05) is 19.3 Å².